The van der Waals surface area contributed by atoms with Crippen molar-refractivity contribution in [3.8, 4) is 0 Å². The molecule has 1 aliphatic heterocycles. The Morgan fingerprint density at radius 2 is 1.44 bits per heavy atom. The Hall–Kier alpha value is -3.44. The first-order valence-electron chi connectivity index (χ1n) is 11.1. The van der Waals surface area contributed by atoms with Gasteiger partial charge in [0.2, 0.25) is 5.91 Å². The average Bonchev–Trinajstić information content (AvgIpc) is 3.27. The molecule has 0 spiro atoms. The molecule has 0 aliphatic carbocycles. The van der Waals surface area contributed by atoms with E-state index >= 15 is 0 Å². The summed E-state index contributed by atoms with van der Waals surface area (Å²) >= 11 is 0. The summed E-state index contributed by atoms with van der Waals surface area (Å²) in [6.07, 6.45) is 1.36. The summed E-state index contributed by atoms with van der Waals surface area (Å²) in [5, 5.41) is 6.12. The fraction of sp³-hybridized carbons (Fsp3) is 0.259. The van der Waals surface area contributed by atoms with E-state index in [9.17, 15) is 9.59 Å². The molecule has 2 amide bonds. The lowest BCUT2D eigenvalue weighted by Gasteiger charge is -2.22. The van der Waals surface area contributed by atoms with Gasteiger partial charge in [0, 0.05) is 37.7 Å². The summed E-state index contributed by atoms with van der Waals surface area (Å²) in [5.74, 6) is -0.372. The molecule has 1 aliphatic rings. The molecule has 1 saturated heterocycles. The van der Waals surface area contributed by atoms with Gasteiger partial charge >= 0.3 is 0 Å². The number of hydrogen-bond donors (Lipinski definition) is 2. The van der Waals surface area contributed by atoms with Crippen molar-refractivity contribution in [2.45, 2.75) is 31.5 Å². The smallest absolute Gasteiger partial charge is 0.251 e. The number of amides is 2. The van der Waals surface area contributed by atoms with E-state index in [2.05, 4.69) is 27.7 Å². The summed E-state index contributed by atoms with van der Waals surface area (Å²) in [6, 6.07) is 28.6. The molecule has 0 radical (unpaired) electrons. The quantitative estimate of drug-likeness (QED) is 0.579. The molecule has 5 nitrogen and oxygen atoms in total. The number of carbonyl (C=O) groups is 2. The third-order valence-corrected chi connectivity index (χ3v) is 5.81. The average molecular weight is 428 g/mol. The molecule has 1 fully saturated rings. The molecule has 0 aromatic heterocycles. The Labute approximate surface area is 189 Å². The van der Waals surface area contributed by atoms with Gasteiger partial charge in [-0.1, -0.05) is 78.9 Å². The largest absolute Gasteiger partial charge is 0.350 e. The maximum Gasteiger partial charge on any atom is 0.251 e. The van der Waals surface area contributed by atoms with Gasteiger partial charge in [0.25, 0.3) is 5.91 Å². The van der Waals surface area contributed by atoms with Crippen LogP contribution >= 0.6 is 0 Å². The number of nitrogens with one attached hydrogen (secondary N) is 2. The Balaban J connectivity index is 1.39. The third kappa shape index (κ3) is 6.05. The highest BCUT2D eigenvalue weighted by molar-refractivity contribution is 5.97. The zero-order valence-electron chi connectivity index (χ0n) is 18.1. The number of likely N-dealkylation sites (tertiary alicyclic amines) is 1. The van der Waals surface area contributed by atoms with Crippen molar-refractivity contribution in [3.63, 3.8) is 0 Å². The maximum atomic E-state index is 13.2. The molecule has 2 atom stereocenters. The molecular weight excluding hydrogens is 398 g/mol. The highest BCUT2D eigenvalue weighted by Crippen LogP contribution is 2.14. The first kappa shape index (κ1) is 21.8. The molecule has 4 rings (SSSR count). The van der Waals surface area contributed by atoms with Gasteiger partial charge in [-0.15, -0.1) is 0 Å². The lowest BCUT2D eigenvalue weighted by molar-refractivity contribution is -0.123. The minimum atomic E-state index is -0.631. The first-order valence-corrected chi connectivity index (χ1v) is 11.1. The zero-order valence-corrected chi connectivity index (χ0v) is 18.1. The van der Waals surface area contributed by atoms with Crippen molar-refractivity contribution in [2.24, 2.45) is 0 Å². The molecule has 0 bridgehead atoms. The highest BCUT2D eigenvalue weighted by atomic mass is 16.2. The van der Waals surface area contributed by atoms with Crippen molar-refractivity contribution in [1.29, 1.82) is 0 Å². The van der Waals surface area contributed by atoms with E-state index in [0.29, 0.717) is 12.0 Å². The van der Waals surface area contributed by atoms with Gasteiger partial charge in [-0.05, 0) is 29.7 Å². The third-order valence-electron chi connectivity index (χ3n) is 5.81. The molecular formula is C27H29N3O2. The van der Waals surface area contributed by atoms with Crippen LogP contribution in [0.5, 0.6) is 0 Å². The molecule has 0 saturated carbocycles. The molecule has 0 unspecified atom stereocenters. The fourth-order valence-corrected chi connectivity index (χ4v) is 4.13. The van der Waals surface area contributed by atoms with Crippen molar-refractivity contribution in [3.05, 3.63) is 108 Å². The number of nitrogens with zero attached hydrogens (tertiary/aromatic N) is 1. The minimum absolute atomic E-state index is 0.0816. The second-order valence-corrected chi connectivity index (χ2v) is 8.30. The molecule has 164 valence electrons. The van der Waals surface area contributed by atoms with Gasteiger partial charge in [0.15, 0.2) is 0 Å². The van der Waals surface area contributed by atoms with Crippen LogP contribution in [0.15, 0.2) is 91.0 Å². The summed E-state index contributed by atoms with van der Waals surface area (Å²) in [6.45, 7) is 2.64. The van der Waals surface area contributed by atoms with Crippen LogP contribution in [0.3, 0.4) is 0 Å². The number of carbonyl (C=O) groups excluding carboxylic acids is 2. The van der Waals surface area contributed by atoms with E-state index in [0.717, 1.165) is 31.6 Å². The molecule has 5 heteroatoms. The topological polar surface area (TPSA) is 61.4 Å². The SMILES string of the molecule is O=C(N[C@H](Cc1ccccc1)C(=O)N[C@@H]1CCN(Cc2ccccc2)C1)c1ccccc1. The van der Waals surface area contributed by atoms with Crippen LogP contribution in [0.4, 0.5) is 0 Å². The molecule has 3 aromatic carbocycles. The van der Waals surface area contributed by atoms with Gasteiger partial charge in [-0.2, -0.15) is 0 Å². The molecule has 3 aromatic rings. The summed E-state index contributed by atoms with van der Waals surface area (Å²) in [4.78, 5) is 28.3. The predicted molar refractivity (Wildman–Crippen MR) is 126 cm³/mol. The number of hydrogen-bond acceptors (Lipinski definition) is 3. The van der Waals surface area contributed by atoms with E-state index in [4.69, 9.17) is 0 Å². The van der Waals surface area contributed by atoms with Crippen molar-refractivity contribution in [1.82, 2.24) is 15.5 Å². The summed E-state index contributed by atoms with van der Waals surface area (Å²) in [5.41, 5.74) is 2.84. The second-order valence-electron chi connectivity index (χ2n) is 8.30. The van der Waals surface area contributed by atoms with Crippen LogP contribution in [0, 0.1) is 0 Å². The van der Waals surface area contributed by atoms with Crippen LogP contribution in [0.1, 0.15) is 27.9 Å². The van der Waals surface area contributed by atoms with E-state index in [1.807, 2.05) is 66.7 Å². The monoisotopic (exact) mass is 427 g/mol. The Morgan fingerprint density at radius 3 is 2.09 bits per heavy atom. The van der Waals surface area contributed by atoms with Gasteiger partial charge in [0.1, 0.15) is 6.04 Å². The van der Waals surface area contributed by atoms with Crippen LogP contribution in [0.2, 0.25) is 0 Å². The molecule has 1 heterocycles. The predicted octanol–water partition coefficient (Wildman–Crippen LogP) is 3.42. The van der Waals surface area contributed by atoms with Crippen LogP contribution in [-0.4, -0.2) is 41.9 Å². The number of benzene rings is 3. The molecule has 2 N–H and O–H groups in total. The van der Waals surface area contributed by atoms with E-state index in [1.54, 1.807) is 12.1 Å². The Kier molecular flexibility index (Phi) is 7.31. The second kappa shape index (κ2) is 10.7. The van der Waals surface area contributed by atoms with Crippen LogP contribution in [-0.2, 0) is 17.8 Å². The van der Waals surface area contributed by atoms with Gasteiger partial charge in [-0.3, -0.25) is 14.5 Å². The summed E-state index contributed by atoms with van der Waals surface area (Å²) in [7, 11) is 0. The lowest BCUT2D eigenvalue weighted by atomic mass is 10.0. The lowest BCUT2D eigenvalue weighted by Crippen LogP contribution is -2.51. The number of rotatable bonds is 8. The van der Waals surface area contributed by atoms with Crippen molar-refractivity contribution >= 4 is 11.8 Å². The van der Waals surface area contributed by atoms with Crippen molar-refractivity contribution in [2.75, 3.05) is 13.1 Å². The van der Waals surface area contributed by atoms with E-state index in [-0.39, 0.29) is 17.9 Å². The van der Waals surface area contributed by atoms with E-state index < -0.39 is 6.04 Å². The maximum absolute atomic E-state index is 13.2. The van der Waals surface area contributed by atoms with Crippen LogP contribution < -0.4 is 10.6 Å². The van der Waals surface area contributed by atoms with Gasteiger partial charge < -0.3 is 10.6 Å². The summed E-state index contributed by atoms with van der Waals surface area (Å²) < 4.78 is 0. The van der Waals surface area contributed by atoms with Gasteiger partial charge in [-0.25, -0.2) is 0 Å². The molecule has 32 heavy (non-hydrogen) atoms. The van der Waals surface area contributed by atoms with Crippen LogP contribution in [0.25, 0.3) is 0 Å². The van der Waals surface area contributed by atoms with E-state index in [1.165, 1.54) is 5.56 Å². The Morgan fingerprint density at radius 1 is 0.844 bits per heavy atom. The fourth-order valence-electron chi connectivity index (χ4n) is 4.13. The standard InChI is InChI=1S/C27H29N3O2/c31-26(23-14-8-3-9-15-23)29-25(18-21-10-4-1-5-11-21)27(32)28-24-16-17-30(20-24)19-22-12-6-2-7-13-22/h1-15,24-25H,16-20H2,(H,28,32)(H,29,31)/t24-,25-/m1/s1. The van der Waals surface area contributed by atoms with Crippen molar-refractivity contribution < 1.29 is 9.59 Å². The zero-order chi connectivity index (χ0) is 22.2. The first-order chi connectivity index (χ1) is 15.7. The van der Waals surface area contributed by atoms with Gasteiger partial charge in [0.05, 0.1) is 0 Å². The normalized spacial score (nSPS) is 16.9. The minimum Gasteiger partial charge on any atom is -0.350 e. The Bertz CT molecular complexity index is 1010. The highest BCUT2D eigenvalue weighted by Gasteiger charge is 2.28.